The summed E-state index contributed by atoms with van der Waals surface area (Å²) >= 11 is 0. The van der Waals surface area contributed by atoms with Gasteiger partial charge >= 0.3 is 0 Å². The van der Waals surface area contributed by atoms with Gasteiger partial charge in [-0.15, -0.1) is 0 Å². The van der Waals surface area contributed by atoms with Crippen LogP contribution in [0.25, 0.3) is 0 Å². The lowest BCUT2D eigenvalue weighted by atomic mass is 10.1. The Balaban J connectivity index is 1.58. The Kier molecular flexibility index (Phi) is 4.34. The highest BCUT2D eigenvalue weighted by atomic mass is 16.6. The number of aryl methyl sites for hydroxylation is 1. The number of carbonyl (C=O) groups is 1. The summed E-state index contributed by atoms with van der Waals surface area (Å²) in [7, 11) is 0. The number of rotatable bonds is 2. The summed E-state index contributed by atoms with van der Waals surface area (Å²) in [5.41, 5.74) is 0.763. The maximum absolute atomic E-state index is 13.0. The molecule has 0 bridgehead atoms. The van der Waals surface area contributed by atoms with Crippen molar-refractivity contribution in [2.75, 3.05) is 32.9 Å². The SMILES string of the molecule is Cc1nc(C2CN(C(=O)c3cccc4c3OCCO4)CCO2)cc(=O)[nH]1. The average Bonchev–Trinajstić information content (AvgIpc) is 2.66. The summed E-state index contributed by atoms with van der Waals surface area (Å²) < 4.78 is 16.9. The van der Waals surface area contributed by atoms with E-state index in [0.29, 0.717) is 61.5 Å². The molecule has 2 aliphatic heterocycles. The molecular formula is C18H19N3O5. The minimum absolute atomic E-state index is 0.151. The summed E-state index contributed by atoms with van der Waals surface area (Å²) in [5.74, 6) is 1.43. The molecule has 26 heavy (non-hydrogen) atoms. The lowest BCUT2D eigenvalue weighted by molar-refractivity contribution is -0.0250. The van der Waals surface area contributed by atoms with E-state index < -0.39 is 6.10 Å². The van der Waals surface area contributed by atoms with Crippen LogP contribution >= 0.6 is 0 Å². The fourth-order valence-corrected chi connectivity index (χ4v) is 3.19. The molecule has 1 aromatic carbocycles. The smallest absolute Gasteiger partial charge is 0.257 e. The third-order valence-corrected chi connectivity index (χ3v) is 4.36. The highest BCUT2D eigenvalue weighted by molar-refractivity contribution is 5.98. The van der Waals surface area contributed by atoms with Gasteiger partial charge in [-0.2, -0.15) is 0 Å². The van der Waals surface area contributed by atoms with Gasteiger partial charge in [0.2, 0.25) is 0 Å². The molecule has 8 nitrogen and oxygen atoms in total. The second-order valence-electron chi connectivity index (χ2n) is 6.20. The Bertz CT molecular complexity index is 895. The van der Waals surface area contributed by atoms with E-state index in [1.54, 1.807) is 30.0 Å². The molecule has 2 aliphatic rings. The monoisotopic (exact) mass is 357 g/mol. The van der Waals surface area contributed by atoms with E-state index in [0.717, 1.165) is 0 Å². The quantitative estimate of drug-likeness (QED) is 0.864. The van der Waals surface area contributed by atoms with Gasteiger partial charge in [-0.05, 0) is 19.1 Å². The summed E-state index contributed by atoms with van der Waals surface area (Å²) in [6, 6.07) is 6.71. The van der Waals surface area contributed by atoms with Crippen molar-refractivity contribution in [1.29, 1.82) is 0 Å². The van der Waals surface area contributed by atoms with E-state index in [1.165, 1.54) is 6.07 Å². The van der Waals surface area contributed by atoms with Gasteiger partial charge in [0.05, 0.1) is 24.4 Å². The van der Waals surface area contributed by atoms with Gasteiger partial charge in [0.25, 0.3) is 11.5 Å². The highest BCUT2D eigenvalue weighted by Crippen LogP contribution is 2.35. The Morgan fingerprint density at radius 1 is 1.27 bits per heavy atom. The number of aromatic amines is 1. The molecule has 0 spiro atoms. The zero-order valence-electron chi connectivity index (χ0n) is 14.4. The van der Waals surface area contributed by atoms with Crippen LogP contribution < -0.4 is 15.0 Å². The number of benzene rings is 1. The van der Waals surface area contributed by atoms with Crippen LogP contribution in [0.5, 0.6) is 11.5 Å². The predicted molar refractivity (Wildman–Crippen MR) is 91.6 cm³/mol. The van der Waals surface area contributed by atoms with Gasteiger partial charge in [0.1, 0.15) is 25.1 Å². The molecule has 4 rings (SSSR count). The van der Waals surface area contributed by atoms with Gasteiger partial charge in [0, 0.05) is 12.6 Å². The molecule has 1 amide bonds. The van der Waals surface area contributed by atoms with E-state index in [1.807, 2.05) is 0 Å². The maximum atomic E-state index is 13.0. The Hall–Kier alpha value is -2.87. The minimum Gasteiger partial charge on any atom is -0.486 e. The second kappa shape index (κ2) is 6.80. The number of carbonyl (C=O) groups excluding carboxylic acids is 1. The van der Waals surface area contributed by atoms with Crippen molar-refractivity contribution in [3.05, 3.63) is 51.7 Å². The number of fused-ring (bicyclic) bond motifs is 1. The molecule has 1 N–H and O–H groups in total. The van der Waals surface area contributed by atoms with Crippen molar-refractivity contribution in [2.45, 2.75) is 13.0 Å². The normalized spacial score (nSPS) is 19.3. The number of para-hydroxylation sites is 1. The molecule has 8 heteroatoms. The van der Waals surface area contributed by atoms with E-state index in [9.17, 15) is 9.59 Å². The number of H-pyrrole nitrogens is 1. The lowest BCUT2D eigenvalue weighted by Crippen LogP contribution is -2.43. The zero-order valence-corrected chi connectivity index (χ0v) is 14.4. The molecule has 2 aromatic rings. The number of morpholine rings is 1. The second-order valence-corrected chi connectivity index (χ2v) is 6.20. The van der Waals surface area contributed by atoms with E-state index in [2.05, 4.69) is 9.97 Å². The summed E-state index contributed by atoms with van der Waals surface area (Å²) in [6.45, 7) is 3.75. The van der Waals surface area contributed by atoms with Crippen LogP contribution in [-0.2, 0) is 4.74 Å². The van der Waals surface area contributed by atoms with Gasteiger partial charge in [-0.25, -0.2) is 4.98 Å². The zero-order chi connectivity index (χ0) is 18.1. The molecule has 3 heterocycles. The molecular weight excluding hydrogens is 338 g/mol. The number of aromatic nitrogens is 2. The summed E-state index contributed by atoms with van der Waals surface area (Å²) in [5, 5.41) is 0. The molecule has 0 radical (unpaired) electrons. The van der Waals surface area contributed by atoms with Gasteiger partial charge in [-0.3, -0.25) is 9.59 Å². The van der Waals surface area contributed by atoms with E-state index in [-0.39, 0.29) is 11.5 Å². The van der Waals surface area contributed by atoms with Crippen LogP contribution in [0.4, 0.5) is 0 Å². The third kappa shape index (κ3) is 3.15. The van der Waals surface area contributed by atoms with Crippen molar-refractivity contribution in [3.63, 3.8) is 0 Å². The molecule has 1 unspecified atom stereocenters. The molecule has 1 atom stereocenters. The number of amides is 1. The molecule has 136 valence electrons. The minimum atomic E-state index is -0.439. The first-order valence-corrected chi connectivity index (χ1v) is 8.49. The summed E-state index contributed by atoms with van der Waals surface area (Å²) in [6.07, 6.45) is -0.439. The van der Waals surface area contributed by atoms with Gasteiger partial charge in [0.15, 0.2) is 11.5 Å². The number of hydrogen-bond donors (Lipinski definition) is 1. The molecule has 0 aliphatic carbocycles. The number of ether oxygens (including phenoxy) is 3. The van der Waals surface area contributed by atoms with Crippen LogP contribution in [0.3, 0.4) is 0 Å². The number of nitrogens with zero attached hydrogens (tertiary/aromatic N) is 2. The summed E-state index contributed by atoms with van der Waals surface area (Å²) in [4.78, 5) is 33.4. The fourth-order valence-electron chi connectivity index (χ4n) is 3.19. The number of hydrogen-bond acceptors (Lipinski definition) is 6. The fraction of sp³-hybridized carbons (Fsp3) is 0.389. The van der Waals surface area contributed by atoms with Crippen molar-refractivity contribution >= 4 is 5.91 Å². The first-order chi connectivity index (χ1) is 12.6. The predicted octanol–water partition coefficient (Wildman–Crippen LogP) is 1.06. The Morgan fingerprint density at radius 2 is 2.12 bits per heavy atom. The number of nitrogens with one attached hydrogen (secondary N) is 1. The maximum Gasteiger partial charge on any atom is 0.257 e. The van der Waals surface area contributed by atoms with Gasteiger partial charge in [-0.1, -0.05) is 6.07 Å². The van der Waals surface area contributed by atoms with Crippen molar-refractivity contribution < 1.29 is 19.0 Å². The topological polar surface area (TPSA) is 93.8 Å². The van der Waals surface area contributed by atoms with Crippen LogP contribution in [0.15, 0.2) is 29.1 Å². The van der Waals surface area contributed by atoms with Crippen molar-refractivity contribution in [2.24, 2.45) is 0 Å². The van der Waals surface area contributed by atoms with Crippen LogP contribution in [0.2, 0.25) is 0 Å². The average molecular weight is 357 g/mol. The Morgan fingerprint density at radius 3 is 2.96 bits per heavy atom. The van der Waals surface area contributed by atoms with Crippen LogP contribution in [-0.4, -0.2) is 53.7 Å². The highest BCUT2D eigenvalue weighted by Gasteiger charge is 2.30. The molecule has 0 saturated carbocycles. The first kappa shape index (κ1) is 16.6. The van der Waals surface area contributed by atoms with Crippen molar-refractivity contribution in [3.8, 4) is 11.5 Å². The standard InChI is InChI=1S/C18H19N3O5/c1-11-19-13(9-16(22)20-11)15-10-21(5-6-24-15)18(23)12-3-2-4-14-17(12)26-8-7-25-14/h2-4,9,15H,5-8,10H2,1H3,(H,19,20,22). The van der Waals surface area contributed by atoms with E-state index >= 15 is 0 Å². The van der Waals surface area contributed by atoms with E-state index in [4.69, 9.17) is 14.2 Å². The molecule has 1 saturated heterocycles. The van der Waals surface area contributed by atoms with Gasteiger partial charge < -0.3 is 24.1 Å². The Labute approximate surface area is 149 Å². The first-order valence-electron chi connectivity index (χ1n) is 8.49. The van der Waals surface area contributed by atoms with Crippen LogP contribution in [0.1, 0.15) is 28.0 Å². The largest absolute Gasteiger partial charge is 0.486 e. The molecule has 1 fully saturated rings. The molecule has 1 aromatic heterocycles. The third-order valence-electron chi connectivity index (χ3n) is 4.36. The van der Waals surface area contributed by atoms with Crippen molar-refractivity contribution in [1.82, 2.24) is 14.9 Å². The lowest BCUT2D eigenvalue weighted by Gasteiger charge is -2.33. The van der Waals surface area contributed by atoms with Crippen LogP contribution in [0, 0.1) is 6.92 Å².